The Morgan fingerprint density at radius 2 is 1.83 bits per heavy atom. The number of halogens is 2. The summed E-state index contributed by atoms with van der Waals surface area (Å²) in [6.07, 6.45) is 5.86. The second-order valence-electron chi connectivity index (χ2n) is 8.14. The van der Waals surface area contributed by atoms with Crippen molar-refractivity contribution in [1.29, 1.82) is 0 Å². The van der Waals surface area contributed by atoms with Gasteiger partial charge in [0.25, 0.3) is 0 Å². The van der Waals surface area contributed by atoms with Crippen LogP contribution in [0.5, 0.6) is 0 Å². The molecular weight excluding hydrogens is 409 g/mol. The van der Waals surface area contributed by atoms with Crippen molar-refractivity contribution in [2.75, 3.05) is 50.8 Å². The van der Waals surface area contributed by atoms with Crippen LogP contribution in [0.25, 0.3) is 0 Å². The van der Waals surface area contributed by atoms with E-state index in [1.165, 1.54) is 25.8 Å². The molecule has 1 N–H and O–H groups in total. The average Bonchev–Trinajstić information content (AvgIpc) is 2.74. The average molecular weight is 442 g/mol. The number of nitrogens with one attached hydrogen (secondary N) is 1. The van der Waals surface area contributed by atoms with Crippen molar-refractivity contribution in [2.45, 2.75) is 45.1 Å². The smallest absolute Gasteiger partial charge is 0.246 e. The van der Waals surface area contributed by atoms with Gasteiger partial charge in [0.1, 0.15) is 6.61 Å². The number of rotatable bonds is 8. The van der Waals surface area contributed by atoms with Crippen molar-refractivity contribution in [1.82, 2.24) is 10.2 Å². The highest BCUT2D eigenvalue weighted by Gasteiger charge is 2.24. The molecule has 1 aliphatic heterocycles. The minimum Gasteiger partial charge on any atom is -0.372 e. The molecule has 2 aliphatic rings. The molecule has 1 saturated heterocycles. The van der Waals surface area contributed by atoms with Gasteiger partial charge in [-0.3, -0.25) is 9.69 Å². The fourth-order valence-corrected chi connectivity index (χ4v) is 4.63. The fourth-order valence-electron chi connectivity index (χ4n) is 4.34. The molecule has 3 rings (SSSR count). The van der Waals surface area contributed by atoms with E-state index in [4.69, 9.17) is 27.9 Å². The summed E-state index contributed by atoms with van der Waals surface area (Å²) in [6, 6.07) is 6.22. The highest BCUT2D eigenvalue weighted by atomic mass is 35.5. The van der Waals surface area contributed by atoms with Gasteiger partial charge in [0, 0.05) is 44.5 Å². The summed E-state index contributed by atoms with van der Waals surface area (Å²) in [7, 11) is 0. The van der Waals surface area contributed by atoms with Gasteiger partial charge in [0.2, 0.25) is 5.91 Å². The zero-order chi connectivity index (χ0) is 20.6. The Kier molecular flexibility index (Phi) is 8.91. The highest BCUT2D eigenvalue weighted by Crippen LogP contribution is 2.29. The molecule has 0 bridgehead atoms. The summed E-state index contributed by atoms with van der Waals surface area (Å²) in [5, 5.41) is 4.34. The third kappa shape index (κ3) is 7.02. The lowest BCUT2D eigenvalue weighted by Gasteiger charge is -2.37. The first-order valence-electron chi connectivity index (χ1n) is 10.8. The van der Waals surface area contributed by atoms with Gasteiger partial charge >= 0.3 is 0 Å². The maximum Gasteiger partial charge on any atom is 0.246 e. The van der Waals surface area contributed by atoms with Crippen LogP contribution in [0.1, 0.15) is 39.0 Å². The molecule has 29 heavy (non-hydrogen) atoms. The largest absolute Gasteiger partial charge is 0.372 e. The monoisotopic (exact) mass is 441 g/mol. The third-order valence-corrected chi connectivity index (χ3v) is 6.88. The van der Waals surface area contributed by atoms with E-state index in [1.807, 2.05) is 19.1 Å². The lowest BCUT2D eigenvalue weighted by atomic mass is 9.84. The third-order valence-electron chi connectivity index (χ3n) is 6.14. The van der Waals surface area contributed by atoms with Crippen molar-refractivity contribution in [2.24, 2.45) is 5.92 Å². The number of ether oxygens (including phenoxy) is 1. The number of carbonyl (C=O) groups excluding carboxylic acids is 1. The van der Waals surface area contributed by atoms with Gasteiger partial charge in [-0.1, -0.05) is 23.2 Å². The Hall–Kier alpha value is -1.01. The first kappa shape index (κ1) is 22.7. The summed E-state index contributed by atoms with van der Waals surface area (Å²) in [6.45, 7) is 8.07. The van der Waals surface area contributed by atoms with Crippen molar-refractivity contribution >= 4 is 34.8 Å². The Morgan fingerprint density at radius 1 is 1.10 bits per heavy atom. The normalized spacial score (nSPS) is 23.2. The van der Waals surface area contributed by atoms with Crippen LogP contribution < -0.4 is 10.2 Å². The van der Waals surface area contributed by atoms with Crippen LogP contribution in [0.15, 0.2) is 18.2 Å². The van der Waals surface area contributed by atoms with Crippen LogP contribution in [0.2, 0.25) is 10.0 Å². The van der Waals surface area contributed by atoms with E-state index in [1.54, 1.807) is 0 Å². The Morgan fingerprint density at radius 3 is 2.48 bits per heavy atom. The quantitative estimate of drug-likeness (QED) is 0.655. The number of nitrogens with zero attached hydrogens (tertiary/aromatic N) is 2. The minimum atomic E-state index is 0.0233. The number of piperazine rings is 1. The fraction of sp³-hybridized carbons (Fsp3) is 0.682. The molecule has 0 spiro atoms. The predicted molar refractivity (Wildman–Crippen MR) is 120 cm³/mol. The summed E-state index contributed by atoms with van der Waals surface area (Å²) in [5.41, 5.74) is 1.16. The van der Waals surface area contributed by atoms with E-state index in [0.29, 0.717) is 22.7 Å². The van der Waals surface area contributed by atoms with Gasteiger partial charge in [-0.15, -0.1) is 0 Å². The van der Waals surface area contributed by atoms with E-state index >= 15 is 0 Å². The van der Waals surface area contributed by atoms with Crippen molar-refractivity contribution in [3.8, 4) is 0 Å². The van der Waals surface area contributed by atoms with E-state index in [2.05, 4.69) is 21.2 Å². The summed E-state index contributed by atoms with van der Waals surface area (Å²) in [4.78, 5) is 16.7. The van der Waals surface area contributed by atoms with Crippen LogP contribution in [-0.2, 0) is 9.53 Å². The molecule has 1 aromatic rings. The Balaban J connectivity index is 1.32. The van der Waals surface area contributed by atoms with Crippen molar-refractivity contribution in [3.63, 3.8) is 0 Å². The number of amides is 1. The minimum absolute atomic E-state index is 0.0233. The molecule has 7 heteroatoms. The second-order valence-corrected chi connectivity index (χ2v) is 8.95. The molecule has 0 radical (unpaired) electrons. The molecular formula is C22H33Cl2N3O2. The number of hydrogen-bond donors (Lipinski definition) is 1. The Bertz CT molecular complexity index is 657. The summed E-state index contributed by atoms with van der Waals surface area (Å²) < 4.78 is 5.18. The van der Waals surface area contributed by atoms with Crippen LogP contribution >= 0.6 is 23.2 Å². The van der Waals surface area contributed by atoms with E-state index < -0.39 is 0 Å². The topological polar surface area (TPSA) is 44.8 Å². The van der Waals surface area contributed by atoms with Gasteiger partial charge in [0.05, 0.1) is 10.0 Å². The molecule has 0 unspecified atom stereocenters. The summed E-state index contributed by atoms with van der Waals surface area (Å²) >= 11 is 12.2. The number of carbonyl (C=O) groups is 1. The predicted octanol–water partition coefficient (Wildman–Crippen LogP) is 4.22. The SMILES string of the molecule is CCOCC(=O)N[C@H]1CC[C@H](CCN2CCN(c3ccc(Cl)c(Cl)c3)CC2)CC1. The van der Waals surface area contributed by atoms with Crippen molar-refractivity contribution < 1.29 is 9.53 Å². The molecule has 0 atom stereocenters. The molecule has 162 valence electrons. The van der Waals surface area contributed by atoms with Crippen LogP contribution in [0.3, 0.4) is 0 Å². The molecule has 1 aliphatic carbocycles. The van der Waals surface area contributed by atoms with E-state index in [0.717, 1.165) is 50.6 Å². The van der Waals surface area contributed by atoms with E-state index in [-0.39, 0.29) is 12.5 Å². The van der Waals surface area contributed by atoms with Crippen LogP contribution in [0.4, 0.5) is 5.69 Å². The van der Waals surface area contributed by atoms with Gasteiger partial charge in [-0.2, -0.15) is 0 Å². The lowest BCUT2D eigenvalue weighted by Crippen LogP contribution is -2.47. The number of anilines is 1. The zero-order valence-corrected chi connectivity index (χ0v) is 18.9. The van der Waals surface area contributed by atoms with Gasteiger partial charge in [-0.05, 0) is 69.7 Å². The highest BCUT2D eigenvalue weighted by molar-refractivity contribution is 6.42. The lowest BCUT2D eigenvalue weighted by molar-refractivity contribution is -0.126. The molecule has 1 heterocycles. The number of hydrogen-bond acceptors (Lipinski definition) is 4. The van der Waals surface area contributed by atoms with Crippen LogP contribution in [-0.4, -0.2) is 62.8 Å². The molecule has 2 fully saturated rings. The molecule has 1 saturated carbocycles. The second kappa shape index (κ2) is 11.4. The maximum absolute atomic E-state index is 11.8. The molecule has 1 amide bonds. The molecule has 1 aromatic carbocycles. The van der Waals surface area contributed by atoms with Gasteiger partial charge in [0.15, 0.2) is 0 Å². The first-order chi connectivity index (χ1) is 14.0. The van der Waals surface area contributed by atoms with E-state index in [9.17, 15) is 4.79 Å². The maximum atomic E-state index is 11.8. The number of benzene rings is 1. The first-order valence-corrected chi connectivity index (χ1v) is 11.6. The zero-order valence-electron chi connectivity index (χ0n) is 17.3. The standard InChI is InChI=1S/C22H33Cl2N3O2/c1-2-29-16-22(28)25-18-5-3-17(4-6-18)9-10-26-11-13-27(14-12-26)19-7-8-20(23)21(24)15-19/h7-8,15,17-18H,2-6,9-14,16H2,1H3,(H,25,28)/t17-,18-. The Labute approximate surface area is 184 Å². The molecule has 0 aromatic heterocycles. The van der Waals surface area contributed by atoms with Crippen molar-refractivity contribution in [3.05, 3.63) is 28.2 Å². The van der Waals surface area contributed by atoms with Gasteiger partial charge < -0.3 is 15.0 Å². The van der Waals surface area contributed by atoms with Gasteiger partial charge in [-0.25, -0.2) is 0 Å². The van der Waals surface area contributed by atoms with Crippen LogP contribution in [0, 0.1) is 5.92 Å². The summed E-state index contributed by atoms with van der Waals surface area (Å²) in [5.74, 6) is 0.804. The molecule has 5 nitrogen and oxygen atoms in total.